The summed E-state index contributed by atoms with van der Waals surface area (Å²) < 4.78 is 0. The highest BCUT2D eigenvalue weighted by molar-refractivity contribution is 6.34. The molecule has 0 aromatic carbocycles. The summed E-state index contributed by atoms with van der Waals surface area (Å²) in [7, 11) is 0. The third-order valence-corrected chi connectivity index (χ3v) is 2.21. The molecule has 2 heteroatoms. The van der Waals surface area contributed by atoms with Crippen molar-refractivity contribution in [3.8, 4) is 0 Å². The zero-order chi connectivity index (χ0) is 9.33. The van der Waals surface area contributed by atoms with Crippen LogP contribution in [0, 0.1) is 5.41 Å². The second kappa shape index (κ2) is 8.59. The summed E-state index contributed by atoms with van der Waals surface area (Å²) >= 11 is 0.815. The van der Waals surface area contributed by atoms with Gasteiger partial charge in [0.25, 0.3) is 0 Å². The summed E-state index contributed by atoms with van der Waals surface area (Å²) in [5.41, 5.74) is 0.0972. The predicted octanol–water partition coefficient (Wildman–Crippen LogP) is 2.59. The molecule has 1 nitrogen and oxygen atoms in total. The van der Waals surface area contributed by atoms with E-state index >= 15 is 0 Å². The fourth-order valence-electron chi connectivity index (χ4n) is 0.289. The van der Waals surface area contributed by atoms with Crippen LogP contribution >= 0.6 is 0 Å². The fraction of sp³-hybridized carbons (Fsp3) is 1.00. The fourth-order valence-corrected chi connectivity index (χ4v) is 0.866. The standard InChI is InChI=1S/C5H12O.2C2H5.Al/c1-5(2,3)4-6;2*1-2;/h6H,4H2,1-3H3;2*1H2,2H3;. The van der Waals surface area contributed by atoms with Gasteiger partial charge in [0.2, 0.25) is 0 Å². The largest absolute Gasteiger partial charge is 0.396 e. The van der Waals surface area contributed by atoms with Crippen molar-refractivity contribution in [1.29, 1.82) is 0 Å². The third kappa shape index (κ3) is 25.1. The second-order valence-electron chi connectivity index (χ2n) is 3.82. The Hall–Kier alpha value is 0.492. The van der Waals surface area contributed by atoms with Crippen LogP contribution in [0.3, 0.4) is 0 Å². The molecule has 0 unspecified atom stereocenters. The highest BCUT2D eigenvalue weighted by atomic mass is 27.1. The summed E-state index contributed by atoms with van der Waals surface area (Å²) in [6.07, 6.45) is 0. The second-order valence-corrected chi connectivity index (χ2v) is 6.03. The van der Waals surface area contributed by atoms with Crippen LogP contribution in [0.2, 0.25) is 10.6 Å². The van der Waals surface area contributed by atoms with E-state index in [0.29, 0.717) is 0 Å². The van der Waals surface area contributed by atoms with Crippen molar-refractivity contribution in [2.45, 2.75) is 45.2 Å². The number of aliphatic hydroxyl groups excluding tert-OH is 1. The summed E-state index contributed by atoms with van der Waals surface area (Å²) in [4.78, 5) is 0. The van der Waals surface area contributed by atoms with Crippen LogP contribution in [0.4, 0.5) is 0 Å². The number of hydrogen-bond donors (Lipinski definition) is 1. The highest BCUT2D eigenvalue weighted by Gasteiger charge is 2.05. The van der Waals surface area contributed by atoms with Gasteiger partial charge < -0.3 is 5.11 Å². The van der Waals surface area contributed by atoms with Crippen molar-refractivity contribution in [2.75, 3.05) is 6.61 Å². The lowest BCUT2D eigenvalue weighted by atomic mass is 9.99. The molecule has 67 valence electrons. The van der Waals surface area contributed by atoms with Crippen LogP contribution in [0.15, 0.2) is 0 Å². The van der Waals surface area contributed by atoms with E-state index in [9.17, 15) is 0 Å². The topological polar surface area (TPSA) is 20.2 Å². The third-order valence-electron chi connectivity index (χ3n) is 1.05. The molecule has 0 atom stereocenters. The van der Waals surface area contributed by atoms with Crippen molar-refractivity contribution in [2.24, 2.45) is 5.41 Å². The van der Waals surface area contributed by atoms with Gasteiger partial charge in [0.05, 0.1) is 0 Å². The van der Waals surface area contributed by atoms with E-state index in [1.807, 2.05) is 20.8 Å². The number of rotatable bonds is 2. The minimum absolute atomic E-state index is 0.0972. The summed E-state index contributed by atoms with van der Waals surface area (Å²) in [5.74, 6) is 0. The number of hydrogen-bond acceptors (Lipinski definition) is 1. The Morgan fingerprint density at radius 2 is 1.36 bits per heavy atom. The SMILES string of the molecule is CC(C)(C)CO.C[CH2][Al][CH2]C. The van der Waals surface area contributed by atoms with E-state index < -0.39 is 0 Å². The minimum Gasteiger partial charge on any atom is -0.396 e. The lowest BCUT2D eigenvalue weighted by Crippen LogP contribution is -2.09. The summed E-state index contributed by atoms with van der Waals surface area (Å²) in [6.45, 7) is 10.7. The maximum atomic E-state index is 8.40. The van der Waals surface area contributed by atoms with Gasteiger partial charge in [-0.05, 0) is 5.41 Å². The molecule has 0 rings (SSSR count). The molecule has 0 aliphatic carbocycles. The Balaban J connectivity index is 0. The summed E-state index contributed by atoms with van der Waals surface area (Å²) in [5, 5.41) is 11.3. The van der Waals surface area contributed by atoms with E-state index in [1.54, 1.807) is 0 Å². The molecule has 1 radical (unpaired) electrons. The molecule has 0 saturated carbocycles. The van der Waals surface area contributed by atoms with E-state index in [4.69, 9.17) is 5.11 Å². The molecular formula is C9H22AlO. The first kappa shape index (κ1) is 14.0. The minimum atomic E-state index is 0.0972. The van der Waals surface area contributed by atoms with Gasteiger partial charge in [0, 0.05) is 6.61 Å². The van der Waals surface area contributed by atoms with Crippen molar-refractivity contribution in [3.05, 3.63) is 0 Å². The molecule has 0 aliphatic heterocycles. The zero-order valence-electron chi connectivity index (χ0n) is 8.65. The molecule has 0 amide bonds. The molecule has 0 heterocycles. The van der Waals surface area contributed by atoms with Crippen molar-refractivity contribution in [1.82, 2.24) is 0 Å². The number of aliphatic hydroxyl groups is 1. The summed E-state index contributed by atoms with van der Waals surface area (Å²) in [6, 6.07) is 0. The van der Waals surface area contributed by atoms with Gasteiger partial charge in [0.1, 0.15) is 0 Å². The Morgan fingerprint density at radius 3 is 1.36 bits per heavy atom. The van der Waals surface area contributed by atoms with Gasteiger partial charge in [-0.2, -0.15) is 0 Å². The molecule has 0 aromatic heterocycles. The van der Waals surface area contributed by atoms with Crippen LogP contribution < -0.4 is 0 Å². The van der Waals surface area contributed by atoms with Gasteiger partial charge in [0.15, 0.2) is 15.2 Å². The van der Waals surface area contributed by atoms with Gasteiger partial charge in [-0.15, -0.1) is 10.6 Å². The molecule has 0 aromatic rings. The van der Waals surface area contributed by atoms with Crippen LogP contribution in [-0.2, 0) is 0 Å². The molecule has 0 fully saturated rings. The Labute approximate surface area is 77.9 Å². The van der Waals surface area contributed by atoms with Gasteiger partial charge in [-0.1, -0.05) is 34.6 Å². The van der Waals surface area contributed by atoms with Gasteiger partial charge in [-0.3, -0.25) is 0 Å². The predicted molar refractivity (Wildman–Crippen MR) is 53.3 cm³/mol. The van der Waals surface area contributed by atoms with Crippen molar-refractivity contribution < 1.29 is 5.11 Å². The smallest absolute Gasteiger partial charge is 0.198 e. The molecule has 1 N–H and O–H groups in total. The van der Waals surface area contributed by atoms with Crippen LogP contribution in [-0.4, -0.2) is 26.9 Å². The van der Waals surface area contributed by atoms with Crippen LogP contribution in [0.25, 0.3) is 0 Å². The molecular weight excluding hydrogens is 151 g/mol. The highest BCUT2D eigenvalue weighted by Crippen LogP contribution is 2.09. The van der Waals surface area contributed by atoms with Crippen molar-refractivity contribution in [3.63, 3.8) is 0 Å². The van der Waals surface area contributed by atoms with E-state index in [0.717, 1.165) is 15.2 Å². The average molecular weight is 173 g/mol. The zero-order valence-corrected chi connectivity index (χ0v) is 9.80. The van der Waals surface area contributed by atoms with E-state index in [1.165, 1.54) is 10.6 Å². The lowest BCUT2D eigenvalue weighted by Gasteiger charge is -2.11. The first-order valence-corrected chi connectivity index (χ1v) is 6.03. The Morgan fingerprint density at radius 1 is 1.09 bits per heavy atom. The Kier molecular flexibility index (Phi) is 11.0. The maximum absolute atomic E-state index is 8.40. The van der Waals surface area contributed by atoms with Crippen LogP contribution in [0.1, 0.15) is 34.6 Å². The van der Waals surface area contributed by atoms with Gasteiger partial charge >= 0.3 is 0 Å². The van der Waals surface area contributed by atoms with Crippen LogP contribution in [0.5, 0.6) is 0 Å². The molecule has 0 bridgehead atoms. The molecule has 11 heavy (non-hydrogen) atoms. The average Bonchev–Trinajstić information content (AvgIpc) is 1.90. The quantitative estimate of drug-likeness (QED) is 0.636. The van der Waals surface area contributed by atoms with E-state index in [2.05, 4.69) is 13.8 Å². The molecule has 0 aliphatic rings. The lowest BCUT2D eigenvalue weighted by molar-refractivity contribution is 0.177. The maximum Gasteiger partial charge on any atom is 0.198 e. The Bertz CT molecular complexity index is 64.5. The normalized spacial score (nSPS) is 10.0. The van der Waals surface area contributed by atoms with E-state index in [-0.39, 0.29) is 12.0 Å². The first-order valence-electron chi connectivity index (χ1n) is 4.40. The van der Waals surface area contributed by atoms with Gasteiger partial charge in [-0.25, -0.2) is 0 Å². The first-order chi connectivity index (χ1) is 4.97. The van der Waals surface area contributed by atoms with Crippen molar-refractivity contribution >= 4 is 15.2 Å². The molecule has 0 saturated heterocycles. The molecule has 0 spiro atoms. The monoisotopic (exact) mass is 173 g/mol.